The van der Waals surface area contributed by atoms with E-state index in [1.807, 2.05) is 42.2 Å². The first-order valence-electron chi connectivity index (χ1n) is 15.7. The third-order valence-electron chi connectivity index (χ3n) is 10.4. The number of amides is 1. The van der Waals surface area contributed by atoms with Gasteiger partial charge in [0.15, 0.2) is 11.9 Å². The Hall–Kier alpha value is -2.98. The molecule has 1 saturated carbocycles. The van der Waals surface area contributed by atoms with Gasteiger partial charge in [-0.1, -0.05) is 26.0 Å². The van der Waals surface area contributed by atoms with Crippen molar-refractivity contribution in [3.63, 3.8) is 0 Å². The van der Waals surface area contributed by atoms with E-state index in [-0.39, 0.29) is 23.6 Å². The van der Waals surface area contributed by atoms with Crippen LogP contribution < -0.4 is 9.64 Å². The van der Waals surface area contributed by atoms with Crippen LogP contribution in [0.1, 0.15) is 52.0 Å². The minimum Gasteiger partial charge on any atom is -0.465 e. The molecular formula is C34H41FN2O6. The van der Waals surface area contributed by atoms with Crippen LogP contribution in [-0.4, -0.2) is 61.0 Å². The number of fused-ring (bicyclic) bond motifs is 2. The molecule has 2 bridgehead atoms. The van der Waals surface area contributed by atoms with Crippen molar-refractivity contribution in [1.82, 2.24) is 4.90 Å². The summed E-state index contributed by atoms with van der Waals surface area (Å²) in [4.78, 5) is 29.0. The smallest absolute Gasteiger partial charge is 0.246 e. The van der Waals surface area contributed by atoms with Crippen molar-refractivity contribution in [3.05, 3.63) is 66.0 Å². The second kappa shape index (κ2) is 11.2. The molecule has 43 heavy (non-hydrogen) atoms. The third kappa shape index (κ3) is 5.24. The van der Waals surface area contributed by atoms with Gasteiger partial charge in [0.2, 0.25) is 18.0 Å². The number of hydrogen-bond donors (Lipinski definition) is 0. The van der Waals surface area contributed by atoms with Crippen molar-refractivity contribution in [1.29, 1.82) is 0 Å². The van der Waals surface area contributed by atoms with E-state index in [2.05, 4.69) is 18.7 Å². The van der Waals surface area contributed by atoms with Crippen LogP contribution in [0.25, 0.3) is 6.08 Å². The lowest BCUT2D eigenvalue weighted by Gasteiger charge is -2.60. The highest BCUT2D eigenvalue weighted by Gasteiger charge is 2.69. The Morgan fingerprint density at radius 1 is 0.953 bits per heavy atom. The number of ether oxygens (including phenoxy) is 3. The second-order valence-corrected chi connectivity index (χ2v) is 13.1. The van der Waals surface area contributed by atoms with E-state index in [0.717, 1.165) is 36.9 Å². The molecule has 8 rings (SSSR count). The van der Waals surface area contributed by atoms with E-state index in [4.69, 9.17) is 24.0 Å². The second-order valence-electron chi connectivity index (χ2n) is 13.1. The van der Waals surface area contributed by atoms with Crippen LogP contribution in [0.5, 0.6) is 5.75 Å². The topological polar surface area (TPSA) is 69.7 Å². The van der Waals surface area contributed by atoms with Gasteiger partial charge in [-0.15, -0.1) is 0 Å². The molecule has 0 N–H and O–H groups in total. The minimum absolute atomic E-state index is 0.0184. The molecule has 0 radical (unpaired) electrons. The molecular weight excluding hydrogens is 551 g/mol. The Balaban J connectivity index is 0.969. The zero-order valence-corrected chi connectivity index (χ0v) is 25.1. The molecule has 2 aromatic rings. The third-order valence-corrected chi connectivity index (χ3v) is 10.4. The Bertz CT molecular complexity index is 1350. The molecule has 1 aliphatic carbocycles. The summed E-state index contributed by atoms with van der Waals surface area (Å²) in [6.45, 7) is 9.09. The highest BCUT2D eigenvalue weighted by atomic mass is 19.1. The Morgan fingerprint density at radius 3 is 2.44 bits per heavy atom. The lowest BCUT2D eigenvalue weighted by atomic mass is 9.58. The number of benzene rings is 2. The predicted molar refractivity (Wildman–Crippen MR) is 158 cm³/mol. The van der Waals surface area contributed by atoms with Crippen molar-refractivity contribution in [2.24, 2.45) is 23.7 Å². The van der Waals surface area contributed by atoms with Crippen LogP contribution >= 0.6 is 0 Å². The van der Waals surface area contributed by atoms with Crippen LogP contribution in [0.2, 0.25) is 0 Å². The predicted octanol–water partition coefficient (Wildman–Crippen LogP) is 5.77. The molecule has 5 saturated heterocycles. The number of hydrogen-bond acceptors (Lipinski definition) is 7. The maximum absolute atomic E-state index is 13.2. The first kappa shape index (κ1) is 28.8. The van der Waals surface area contributed by atoms with E-state index in [1.54, 1.807) is 18.2 Å². The van der Waals surface area contributed by atoms with Gasteiger partial charge in [0.25, 0.3) is 0 Å². The molecule has 1 amide bonds. The standard InChI is InChI=1S/C34H41FN2O6/c1-22-4-14-29-23(2)31(40-32-34(29)28(22)16-17-33(3,41-32)42-43-34)39-27-12-5-24(6-13-27)7-15-30(38)37-20-18-36(19-21-37)26-10-8-25(35)9-11-26/h5-13,15,22-23,28-29,31-32H,4,14,16-21H2,1-3H3/b15-7+/t22-,23-,28+,29+,31+,32-,33-,34-/m1/s1. The molecule has 230 valence electrons. The average molecular weight is 593 g/mol. The number of nitrogens with zero attached hydrogens (tertiary/aromatic N) is 2. The van der Waals surface area contributed by atoms with Gasteiger partial charge in [-0.3, -0.25) is 4.79 Å². The molecule has 6 aliphatic rings. The van der Waals surface area contributed by atoms with Gasteiger partial charge in [0.1, 0.15) is 11.6 Å². The normalized spacial score (nSPS) is 37.2. The largest absolute Gasteiger partial charge is 0.465 e. The van der Waals surface area contributed by atoms with E-state index in [1.165, 1.54) is 12.1 Å². The highest BCUT2D eigenvalue weighted by molar-refractivity contribution is 5.92. The number of carbonyl (C=O) groups excluding carboxylic acids is 1. The molecule has 0 unspecified atom stereocenters. The lowest BCUT2D eigenvalue weighted by Crippen LogP contribution is -2.70. The Morgan fingerprint density at radius 2 is 1.70 bits per heavy atom. The lowest BCUT2D eigenvalue weighted by molar-refractivity contribution is -0.575. The first-order valence-corrected chi connectivity index (χ1v) is 15.7. The minimum atomic E-state index is -0.815. The summed E-state index contributed by atoms with van der Waals surface area (Å²) in [7, 11) is 0. The van der Waals surface area contributed by atoms with Gasteiger partial charge in [0.05, 0.1) is 0 Å². The fourth-order valence-corrected chi connectivity index (χ4v) is 7.91. The van der Waals surface area contributed by atoms with Crippen molar-refractivity contribution in [3.8, 4) is 5.75 Å². The van der Waals surface area contributed by atoms with Gasteiger partial charge in [0, 0.05) is 56.2 Å². The van der Waals surface area contributed by atoms with Gasteiger partial charge in [-0.2, -0.15) is 0 Å². The maximum atomic E-state index is 13.2. The van der Waals surface area contributed by atoms with Crippen LogP contribution in [-0.2, 0) is 24.0 Å². The van der Waals surface area contributed by atoms with Crippen LogP contribution in [0.15, 0.2) is 54.6 Å². The molecule has 8 nitrogen and oxygen atoms in total. The molecule has 6 fully saturated rings. The molecule has 1 spiro atoms. The summed E-state index contributed by atoms with van der Waals surface area (Å²) < 4.78 is 32.6. The quantitative estimate of drug-likeness (QED) is 0.322. The number of piperazine rings is 1. The van der Waals surface area contributed by atoms with Crippen molar-refractivity contribution in [2.45, 2.75) is 70.4 Å². The van der Waals surface area contributed by atoms with E-state index in [0.29, 0.717) is 43.8 Å². The van der Waals surface area contributed by atoms with Crippen molar-refractivity contribution >= 4 is 17.7 Å². The Kier molecular flexibility index (Phi) is 7.48. The molecule has 0 aromatic heterocycles. The van der Waals surface area contributed by atoms with Crippen molar-refractivity contribution < 1.29 is 33.2 Å². The number of anilines is 1. The van der Waals surface area contributed by atoms with E-state index >= 15 is 0 Å². The van der Waals surface area contributed by atoms with Crippen LogP contribution in [0.4, 0.5) is 10.1 Å². The summed E-state index contributed by atoms with van der Waals surface area (Å²) in [5.74, 6) is 0.739. The Labute approximate surface area is 252 Å². The van der Waals surface area contributed by atoms with Crippen molar-refractivity contribution in [2.75, 3.05) is 31.1 Å². The number of rotatable bonds is 5. The summed E-state index contributed by atoms with van der Waals surface area (Å²) in [6, 6.07) is 14.2. The SMILES string of the molecule is C[C@H]1[C@@H](Oc2ccc(/C=C/C(=O)N3CCN(c4ccc(F)cc4)CC3)cc2)O[C@@H]2O[C@@]3(C)CC[C@H]4[C@H](C)CC[C@@H]1[C@@]24OO3. The zero-order valence-electron chi connectivity index (χ0n) is 25.1. The fourth-order valence-electron chi connectivity index (χ4n) is 7.91. The zero-order chi connectivity index (χ0) is 29.8. The summed E-state index contributed by atoms with van der Waals surface area (Å²) in [5.41, 5.74) is 1.28. The van der Waals surface area contributed by atoms with Gasteiger partial charge in [-0.25, -0.2) is 14.2 Å². The van der Waals surface area contributed by atoms with Gasteiger partial charge in [-0.05, 0) is 86.1 Å². The van der Waals surface area contributed by atoms with Crippen LogP contribution in [0, 0.1) is 29.5 Å². The monoisotopic (exact) mass is 592 g/mol. The van der Waals surface area contributed by atoms with Gasteiger partial charge >= 0.3 is 0 Å². The fraction of sp³-hybridized carbons (Fsp3) is 0.559. The highest BCUT2D eigenvalue weighted by Crippen LogP contribution is 2.60. The molecule has 9 heteroatoms. The summed E-state index contributed by atoms with van der Waals surface area (Å²) >= 11 is 0. The molecule has 8 atom stereocenters. The first-order chi connectivity index (χ1) is 20.7. The van der Waals surface area contributed by atoms with Gasteiger partial charge < -0.3 is 24.0 Å². The molecule has 5 heterocycles. The van der Waals surface area contributed by atoms with Crippen LogP contribution in [0.3, 0.4) is 0 Å². The number of halogens is 1. The maximum Gasteiger partial charge on any atom is 0.246 e. The van der Waals surface area contributed by atoms with E-state index in [9.17, 15) is 9.18 Å². The summed E-state index contributed by atoms with van der Waals surface area (Å²) in [6.07, 6.45) is 6.37. The average Bonchev–Trinajstić information content (AvgIpc) is 3.25. The van der Waals surface area contributed by atoms with E-state index < -0.39 is 24.0 Å². The summed E-state index contributed by atoms with van der Waals surface area (Å²) in [5, 5.41) is 0. The number of carbonyl (C=O) groups is 1. The molecule has 5 aliphatic heterocycles. The molecule has 2 aromatic carbocycles.